The van der Waals surface area contributed by atoms with E-state index in [1.54, 1.807) is 0 Å². The summed E-state index contributed by atoms with van der Waals surface area (Å²) in [6.45, 7) is 3.03. The van der Waals surface area contributed by atoms with Crippen LogP contribution in [0.4, 0.5) is 0 Å². The fraction of sp³-hybridized carbons (Fsp3) is 0.422. The largest absolute Gasteiger partial charge is 0.457 e. The summed E-state index contributed by atoms with van der Waals surface area (Å²) < 4.78 is 62.5. The highest BCUT2D eigenvalue weighted by Gasteiger charge is 2.53. The van der Waals surface area contributed by atoms with Crippen LogP contribution in [0.25, 0.3) is 10.4 Å². The van der Waals surface area contributed by atoms with Crippen LogP contribution in [-0.2, 0) is 83.4 Å². The Bertz CT molecular complexity index is 1940. The minimum absolute atomic E-state index is 0.0283. The Labute approximate surface area is 349 Å². The van der Waals surface area contributed by atoms with Crippen LogP contribution in [0.5, 0.6) is 0 Å². The van der Waals surface area contributed by atoms with Crippen LogP contribution in [0.2, 0.25) is 0 Å². The summed E-state index contributed by atoms with van der Waals surface area (Å²) in [5.74, 6) is -1.16. The van der Waals surface area contributed by atoms with Crippen molar-refractivity contribution in [2.75, 3.05) is 20.3 Å². The molecule has 2 aliphatic rings. The van der Waals surface area contributed by atoms with Crippen molar-refractivity contribution in [3.8, 4) is 0 Å². The van der Waals surface area contributed by atoms with E-state index in [0.29, 0.717) is 0 Å². The normalized spacial score (nSPS) is 25.5. The molecule has 0 N–H and O–H groups in total. The van der Waals surface area contributed by atoms with Gasteiger partial charge >= 0.3 is 11.9 Å². The van der Waals surface area contributed by atoms with E-state index in [2.05, 4.69) is 10.0 Å². The number of carbonyl (C=O) groups is 2. The third-order valence-corrected chi connectivity index (χ3v) is 9.90. The quantitative estimate of drug-likeness (QED) is 0.0381. The zero-order chi connectivity index (χ0) is 42.1. The molecule has 2 fully saturated rings. The predicted molar refractivity (Wildman–Crippen MR) is 215 cm³/mol. The predicted octanol–water partition coefficient (Wildman–Crippen LogP) is 6.61. The Morgan fingerprint density at radius 2 is 1.13 bits per heavy atom. The molecule has 0 bridgehead atoms. The molecule has 318 valence electrons. The molecule has 2 heterocycles. The van der Waals surface area contributed by atoms with Crippen LogP contribution in [-0.4, -0.2) is 93.6 Å². The standard InChI is InChI=1S/C45H51N3O12/c1-30(49)57-36(28-52-24-32-16-8-4-9-17-32)40-42(54-26-34-20-12-6-13-21-34)43(55-27-35-22-14-7-15-23-35)45(60-40)56-29-37-39(58-31(2)50)41(38(47-48-46)44(51-3)59-37)53-25-33-18-10-5-11-19-33/h4-23,36-45H,24-29H2,1-3H3/t36-,37-,38-,39-,40+,41-,42+,43-,44+,45-/m1/s1. The van der Waals surface area contributed by atoms with E-state index in [1.165, 1.54) is 21.0 Å². The highest BCUT2D eigenvalue weighted by atomic mass is 16.8. The van der Waals surface area contributed by atoms with Gasteiger partial charge in [-0.2, -0.15) is 0 Å². The van der Waals surface area contributed by atoms with Gasteiger partial charge in [0.25, 0.3) is 0 Å². The molecule has 2 saturated heterocycles. The zero-order valence-electron chi connectivity index (χ0n) is 33.8. The second-order valence-electron chi connectivity index (χ2n) is 14.3. The van der Waals surface area contributed by atoms with Crippen LogP contribution in [0.1, 0.15) is 36.1 Å². The number of benzene rings is 4. The molecule has 0 saturated carbocycles. The van der Waals surface area contributed by atoms with Gasteiger partial charge in [-0.25, -0.2) is 0 Å². The van der Waals surface area contributed by atoms with E-state index in [1.807, 2.05) is 121 Å². The molecule has 4 aromatic carbocycles. The van der Waals surface area contributed by atoms with Gasteiger partial charge in [-0.05, 0) is 27.8 Å². The van der Waals surface area contributed by atoms with Gasteiger partial charge in [-0.1, -0.05) is 126 Å². The second-order valence-corrected chi connectivity index (χ2v) is 14.3. The van der Waals surface area contributed by atoms with Crippen molar-refractivity contribution >= 4 is 11.9 Å². The number of esters is 2. The molecule has 0 radical (unpaired) electrons. The third-order valence-electron chi connectivity index (χ3n) is 9.90. The van der Waals surface area contributed by atoms with Gasteiger partial charge in [0.15, 0.2) is 24.8 Å². The van der Waals surface area contributed by atoms with Crippen molar-refractivity contribution in [1.29, 1.82) is 0 Å². The average molecular weight is 826 g/mol. The Kier molecular flexibility index (Phi) is 17.0. The molecule has 2 aliphatic heterocycles. The number of rotatable bonds is 21. The van der Waals surface area contributed by atoms with E-state index >= 15 is 0 Å². The number of methoxy groups -OCH3 is 1. The van der Waals surface area contributed by atoms with Crippen molar-refractivity contribution < 1.29 is 57.0 Å². The Morgan fingerprint density at radius 3 is 1.62 bits per heavy atom. The highest BCUT2D eigenvalue weighted by molar-refractivity contribution is 5.66. The zero-order valence-corrected chi connectivity index (χ0v) is 33.8. The molecule has 0 amide bonds. The SMILES string of the molecule is CO[C@H]1O[C@H](CO[C@@H]2O[C@@H]([C@@H](COCc3ccccc3)OC(C)=O)[C@H](OCc3ccccc3)[C@H]2OCc2ccccc2)[C@@H](OC(C)=O)[C@H](OCc2ccccc2)[C@H]1N=[N+]=[N-]. The Balaban J connectivity index is 1.30. The fourth-order valence-electron chi connectivity index (χ4n) is 7.14. The van der Waals surface area contributed by atoms with Gasteiger partial charge in [0.1, 0.15) is 36.6 Å². The molecule has 4 aromatic rings. The molecular weight excluding hydrogens is 775 g/mol. The maximum atomic E-state index is 12.6. The summed E-state index contributed by atoms with van der Waals surface area (Å²) in [6, 6.07) is 37.2. The Morgan fingerprint density at radius 1 is 0.633 bits per heavy atom. The van der Waals surface area contributed by atoms with Crippen molar-refractivity contribution in [3.05, 3.63) is 154 Å². The smallest absolute Gasteiger partial charge is 0.303 e. The minimum atomic E-state index is -1.13. The topological polar surface area (TPSA) is 175 Å². The van der Waals surface area contributed by atoms with Crippen molar-refractivity contribution in [2.45, 2.75) is 102 Å². The molecule has 6 rings (SSSR count). The van der Waals surface area contributed by atoms with Gasteiger partial charge in [-0.3, -0.25) is 9.59 Å². The van der Waals surface area contributed by atoms with Crippen LogP contribution in [0.3, 0.4) is 0 Å². The van der Waals surface area contributed by atoms with Crippen molar-refractivity contribution in [3.63, 3.8) is 0 Å². The summed E-state index contributed by atoms with van der Waals surface area (Å²) >= 11 is 0. The monoisotopic (exact) mass is 825 g/mol. The van der Waals surface area contributed by atoms with E-state index in [0.717, 1.165) is 22.3 Å². The lowest BCUT2D eigenvalue weighted by Gasteiger charge is -2.44. The summed E-state index contributed by atoms with van der Waals surface area (Å²) in [4.78, 5) is 28.2. The molecule has 15 nitrogen and oxygen atoms in total. The number of nitrogens with zero attached hydrogens (tertiary/aromatic N) is 3. The van der Waals surface area contributed by atoms with Gasteiger partial charge in [-0.15, -0.1) is 0 Å². The first-order chi connectivity index (χ1) is 29.3. The summed E-state index contributed by atoms with van der Waals surface area (Å²) in [5, 5.41) is 3.94. The summed E-state index contributed by atoms with van der Waals surface area (Å²) in [7, 11) is 1.41. The number of carbonyl (C=O) groups excluding carboxylic acids is 2. The molecule has 0 unspecified atom stereocenters. The van der Waals surface area contributed by atoms with Gasteiger partial charge in [0.05, 0.1) is 39.6 Å². The average Bonchev–Trinajstić information content (AvgIpc) is 3.61. The van der Waals surface area contributed by atoms with Gasteiger partial charge < -0.3 is 47.4 Å². The number of hydrogen-bond donors (Lipinski definition) is 0. The molecule has 10 atom stereocenters. The lowest BCUT2D eigenvalue weighted by Crippen LogP contribution is -2.60. The lowest BCUT2D eigenvalue weighted by atomic mass is 9.96. The molecule has 0 aromatic heterocycles. The van der Waals surface area contributed by atoms with Crippen LogP contribution < -0.4 is 0 Å². The van der Waals surface area contributed by atoms with E-state index in [4.69, 9.17) is 47.4 Å². The van der Waals surface area contributed by atoms with Crippen LogP contribution in [0, 0.1) is 0 Å². The van der Waals surface area contributed by atoms with Gasteiger partial charge in [0, 0.05) is 25.9 Å². The molecule has 0 spiro atoms. The number of ether oxygens (including phenoxy) is 10. The highest BCUT2D eigenvalue weighted by Crippen LogP contribution is 2.35. The molecule has 60 heavy (non-hydrogen) atoms. The van der Waals surface area contributed by atoms with Gasteiger partial charge in [0.2, 0.25) is 0 Å². The van der Waals surface area contributed by atoms with Crippen molar-refractivity contribution in [1.82, 2.24) is 0 Å². The summed E-state index contributed by atoms with van der Waals surface area (Å²) in [6.07, 6.45) is -8.96. The lowest BCUT2D eigenvalue weighted by molar-refractivity contribution is -0.286. The summed E-state index contributed by atoms with van der Waals surface area (Å²) in [5.41, 5.74) is 13.1. The molecular formula is C45H51N3O12. The maximum Gasteiger partial charge on any atom is 0.303 e. The van der Waals surface area contributed by atoms with E-state index in [9.17, 15) is 15.1 Å². The van der Waals surface area contributed by atoms with E-state index < -0.39 is 73.3 Å². The minimum Gasteiger partial charge on any atom is -0.457 e. The molecule has 15 heteroatoms. The third kappa shape index (κ3) is 12.7. The van der Waals surface area contributed by atoms with Crippen molar-refractivity contribution in [2.24, 2.45) is 5.11 Å². The first kappa shape index (κ1) is 44.4. The number of azide groups is 1. The first-order valence-corrected chi connectivity index (χ1v) is 19.7. The second kappa shape index (κ2) is 23.0. The molecule has 0 aliphatic carbocycles. The van der Waals surface area contributed by atoms with Crippen LogP contribution >= 0.6 is 0 Å². The first-order valence-electron chi connectivity index (χ1n) is 19.7. The van der Waals surface area contributed by atoms with Crippen LogP contribution in [0.15, 0.2) is 126 Å². The maximum absolute atomic E-state index is 12.6. The fourth-order valence-corrected chi connectivity index (χ4v) is 7.14. The number of hydrogen-bond acceptors (Lipinski definition) is 13. The Hall–Kier alpha value is -5.19. The van der Waals surface area contributed by atoms with E-state index in [-0.39, 0.29) is 39.6 Å².